The van der Waals surface area contributed by atoms with E-state index < -0.39 is 21.2 Å². The Bertz CT molecular complexity index is 205. The lowest BCUT2D eigenvalue weighted by molar-refractivity contribution is 0.187. The highest BCUT2D eigenvalue weighted by Gasteiger charge is 2.34. The third-order valence-electron chi connectivity index (χ3n) is 1.92. The minimum atomic E-state index is -2.94. The summed E-state index contributed by atoms with van der Waals surface area (Å²) in [5, 5.41) is 8.52. The summed E-state index contributed by atoms with van der Waals surface area (Å²) in [6.07, 6.45) is 0.630. The van der Waals surface area contributed by atoms with Crippen LogP contribution in [-0.2, 0) is 9.84 Å². The third-order valence-corrected chi connectivity index (χ3v) is 4.33. The van der Waals surface area contributed by atoms with Crippen LogP contribution in [0.1, 0.15) is 19.8 Å². The van der Waals surface area contributed by atoms with Crippen LogP contribution in [0.15, 0.2) is 0 Å². The largest absolute Gasteiger partial charge is 0.392 e. The molecule has 1 heterocycles. The van der Waals surface area contributed by atoms with Gasteiger partial charge >= 0.3 is 0 Å². The molecule has 0 amide bonds. The molecule has 1 saturated heterocycles. The molecule has 4 heteroatoms. The van der Waals surface area contributed by atoms with Crippen LogP contribution >= 0.6 is 0 Å². The number of aliphatic hydroxyl groups is 1. The maximum Gasteiger partial charge on any atom is 0.155 e. The van der Waals surface area contributed by atoms with Crippen molar-refractivity contribution in [3.8, 4) is 0 Å². The van der Waals surface area contributed by atoms with E-state index in [0.717, 1.165) is 0 Å². The van der Waals surface area contributed by atoms with E-state index >= 15 is 0 Å². The average Bonchev–Trinajstić information content (AvgIpc) is 2.08. The molecule has 60 valence electrons. The number of aliphatic hydroxyl groups excluding tert-OH is 1. The molecular formula is C6H12O3S. The van der Waals surface area contributed by atoms with Crippen molar-refractivity contribution >= 4 is 9.84 Å². The molecule has 1 aliphatic heterocycles. The fourth-order valence-electron chi connectivity index (χ4n) is 1.36. The van der Waals surface area contributed by atoms with Gasteiger partial charge in [-0.25, -0.2) is 8.42 Å². The van der Waals surface area contributed by atoms with Crippen LogP contribution in [0.5, 0.6) is 0 Å². The zero-order chi connectivity index (χ0) is 7.78. The Labute approximate surface area is 61.0 Å². The van der Waals surface area contributed by atoms with Crippen molar-refractivity contribution in [3.05, 3.63) is 0 Å². The van der Waals surface area contributed by atoms with Gasteiger partial charge in [-0.3, -0.25) is 0 Å². The van der Waals surface area contributed by atoms with Crippen LogP contribution in [-0.4, -0.2) is 30.6 Å². The maximum atomic E-state index is 11.0. The topological polar surface area (TPSA) is 54.4 Å². The molecular weight excluding hydrogens is 152 g/mol. The summed E-state index contributed by atoms with van der Waals surface area (Å²) >= 11 is 0. The number of sulfone groups is 1. The molecule has 1 fully saturated rings. The van der Waals surface area contributed by atoms with Crippen molar-refractivity contribution in [1.82, 2.24) is 0 Å². The first-order valence-corrected chi connectivity index (χ1v) is 5.15. The van der Waals surface area contributed by atoms with Crippen molar-refractivity contribution in [2.45, 2.75) is 31.1 Å². The molecule has 0 radical (unpaired) electrons. The molecule has 0 aromatic carbocycles. The van der Waals surface area contributed by atoms with Crippen LogP contribution in [0.3, 0.4) is 0 Å². The second-order valence-electron chi connectivity index (χ2n) is 2.79. The smallest absolute Gasteiger partial charge is 0.155 e. The Hall–Kier alpha value is -0.0900. The first-order chi connectivity index (χ1) is 4.54. The lowest BCUT2D eigenvalue weighted by Crippen LogP contribution is -2.27. The van der Waals surface area contributed by atoms with Crippen LogP contribution in [0, 0.1) is 0 Å². The summed E-state index contributed by atoms with van der Waals surface area (Å²) in [4.78, 5) is 0. The van der Waals surface area contributed by atoms with Crippen LogP contribution in [0.25, 0.3) is 0 Å². The number of hydrogen-bond acceptors (Lipinski definition) is 3. The average molecular weight is 164 g/mol. The molecule has 0 aromatic heterocycles. The van der Waals surface area contributed by atoms with Gasteiger partial charge in [0.1, 0.15) is 0 Å². The molecule has 3 nitrogen and oxygen atoms in total. The van der Waals surface area contributed by atoms with E-state index in [0.29, 0.717) is 12.8 Å². The van der Waals surface area contributed by atoms with Gasteiger partial charge in [0.15, 0.2) is 9.84 Å². The van der Waals surface area contributed by atoms with Gasteiger partial charge in [-0.2, -0.15) is 0 Å². The minimum Gasteiger partial charge on any atom is -0.392 e. The summed E-state index contributed by atoms with van der Waals surface area (Å²) in [7, 11) is -2.94. The molecule has 1 rings (SSSR count). The van der Waals surface area contributed by atoms with Crippen molar-refractivity contribution < 1.29 is 13.5 Å². The summed E-state index contributed by atoms with van der Waals surface area (Å²) in [6, 6.07) is 0. The fourth-order valence-corrected chi connectivity index (χ4v) is 3.36. The fraction of sp³-hybridized carbons (Fsp3) is 1.00. The monoisotopic (exact) mass is 164 g/mol. The molecule has 0 spiro atoms. The zero-order valence-electron chi connectivity index (χ0n) is 5.95. The molecule has 2 atom stereocenters. The highest BCUT2D eigenvalue weighted by molar-refractivity contribution is 7.92. The highest BCUT2D eigenvalue weighted by atomic mass is 32.2. The Morgan fingerprint density at radius 3 is 2.40 bits per heavy atom. The van der Waals surface area contributed by atoms with Crippen LogP contribution < -0.4 is 0 Å². The SMILES string of the molecule is CC(O)C1CCCS1(=O)=O. The Kier molecular flexibility index (Phi) is 2.01. The second kappa shape index (κ2) is 2.51. The predicted molar refractivity (Wildman–Crippen MR) is 38.5 cm³/mol. The first-order valence-electron chi connectivity index (χ1n) is 3.43. The van der Waals surface area contributed by atoms with E-state index in [9.17, 15) is 8.42 Å². The molecule has 1 aliphatic rings. The predicted octanol–water partition coefficient (Wildman–Crippen LogP) is -0.0556. The van der Waals surface area contributed by atoms with Crippen molar-refractivity contribution in [3.63, 3.8) is 0 Å². The van der Waals surface area contributed by atoms with Gasteiger partial charge < -0.3 is 5.11 Å². The third kappa shape index (κ3) is 1.32. The van der Waals surface area contributed by atoms with Crippen molar-refractivity contribution in [2.75, 3.05) is 5.75 Å². The molecule has 0 aliphatic carbocycles. The number of hydrogen-bond donors (Lipinski definition) is 1. The zero-order valence-corrected chi connectivity index (χ0v) is 6.76. The van der Waals surface area contributed by atoms with Gasteiger partial charge in [-0.1, -0.05) is 0 Å². The summed E-state index contributed by atoms with van der Waals surface area (Å²) in [5.74, 6) is 0.253. The molecule has 10 heavy (non-hydrogen) atoms. The van der Waals surface area contributed by atoms with Crippen LogP contribution in [0.2, 0.25) is 0 Å². The van der Waals surface area contributed by atoms with Gasteiger partial charge in [0, 0.05) is 0 Å². The van der Waals surface area contributed by atoms with Gasteiger partial charge in [-0.05, 0) is 19.8 Å². The molecule has 0 saturated carbocycles. The van der Waals surface area contributed by atoms with E-state index in [1.54, 1.807) is 0 Å². The van der Waals surface area contributed by atoms with Gasteiger partial charge in [0.2, 0.25) is 0 Å². The van der Waals surface area contributed by atoms with E-state index in [1.165, 1.54) is 6.92 Å². The van der Waals surface area contributed by atoms with Crippen molar-refractivity contribution in [2.24, 2.45) is 0 Å². The van der Waals surface area contributed by atoms with E-state index in [4.69, 9.17) is 5.11 Å². The molecule has 0 bridgehead atoms. The lowest BCUT2D eigenvalue weighted by Gasteiger charge is -2.10. The molecule has 1 N–H and O–H groups in total. The maximum absolute atomic E-state index is 11.0. The summed E-state index contributed by atoms with van der Waals surface area (Å²) in [6.45, 7) is 1.54. The van der Waals surface area contributed by atoms with Gasteiger partial charge in [0.05, 0.1) is 17.1 Å². The minimum absolute atomic E-state index is 0.253. The van der Waals surface area contributed by atoms with E-state index in [1.807, 2.05) is 0 Å². The van der Waals surface area contributed by atoms with Gasteiger partial charge in [-0.15, -0.1) is 0 Å². The van der Waals surface area contributed by atoms with Crippen LogP contribution in [0.4, 0.5) is 0 Å². The van der Waals surface area contributed by atoms with E-state index in [-0.39, 0.29) is 5.75 Å². The first kappa shape index (κ1) is 8.01. The Morgan fingerprint density at radius 1 is 1.60 bits per heavy atom. The summed E-state index contributed by atoms with van der Waals surface area (Å²) < 4.78 is 22.1. The normalized spacial score (nSPS) is 34.0. The summed E-state index contributed by atoms with van der Waals surface area (Å²) in [5.41, 5.74) is 0. The molecule has 0 aromatic rings. The number of rotatable bonds is 1. The standard InChI is InChI=1S/C6H12O3S/c1-5(7)6-3-2-4-10(6,8)9/h5-7H,2-4H2,1H3. The lowest BCUT2D eigenvalue weighted by atomic mass is 10.2. The Balaban J connectivity index is 2.79. The van der Waals surface area contributed by atoms with Gasteiger partial charge in [0.25, 0.3) is 0 Å². The highest BCUT2D eigenvalue weighted by Crippen LogP contribution is 2.22. The quantitative estimate of drug-likeness (QED) is 0.591. The van der Waals surface area contributed by atoms with E-state index in [2.05, 4.69) is 0 Å². The molecule has 2 unspecified atom stereocenters. The second-order valence-corrected chi connectivity index (χ2v) is 5.13. The Morgan fingerprint density at radius 2 is 2.20 bits per heavy atom. The van der Waals surface area contributed by atoms with Crippen molar-refractivity contribution in [1.29, 1.82) is 0 Å².